The van der Waals surface area contributed by atoms with Gasteiger partial charge in [-0.25, -0.2) is 0 Å². The molecule has 2 heterocycles. The van der Waals surface area contributed by atoms with Crippen molar-refractivity contribution in [1.29, 1.82) is 0 Å². The van der Waals surface area contributed by atoms with Crippen LogP contribution >= 0.6 is 12.4 Å². The highest BCUT2D eigenvalue weighted by Crippen LogP contribution is 2.22. The number of piperidine rings is 1. The number of aromatic nitrogens is 1. The summed E-state index contributed by atoms with van der Waals surface area (Å²) in [4.78, 5) is 18.6. The molecule has 22 heavy (non-hydrogen) atoms. The van der Waals surface area contributed by atoms with Gasteiger partial charge in [-0.1, -0.05) is 0 Å². The van der Waals surface area contributed by atoms with Crippen LogP contribution in [0.2, 0.25) is 0 Å². The number of amides is 1. The molecule has 0 spiro atoms. The van der Waals surface area contributed by atoms with Crippen molar-refractivity contribution in [2.24, 2.45) is 11.7 Å². The van der Waals surface area contributed by atoms with Crippen LogP contribution in [0.1, 0.15) is 24.2 Å². The number of nitrogens with two attached hydrogens (primary N) is 1. The Bertz CT molecular complexity index is 498. The van der Waals surface area contributed by atoms with Gasteiger partial charge >= 0.3 is 0 Å². The summed E-state index contributed by atoms with van der Waals surface area (Å²) in [5.74, 6) is 0.291. The molecule has 1 amide bonds. The largest absolute Gasteiger partial charge is 0.506 e. The first-order valence-corrected chi connectivity index (χ1v) is 7.45. The van der Waals surface area contributed by atoms with Crippen molar-refractivity contribution >= 4 is 18.3 Å². The van der Waals surface area contributed by atoms with E-state index in [9.17, 15) is 9.90 Å². The molecule has 4 N–H and O–H groups in total. The fraction of sp³-hybridized carbons (Fsp3) is 0.600. The predicted octanol–water partition coefficient (Wildman–Crippen LogP) is 0.804. The van der Waals surface area contributed by atoms with Gasteiger partial charge in [0.25, 0.3) is 0 Å². The van der Waals surface area contributed by atoms with Crippen LogP contribution < -0.4 is 11.1 Å². The third-order valence-electron chi connectivity index (χ3n) is 3.78. The van der Waals surface area contributed by atoms with Crippen LogP contribution in [0.5, 0.6) is 5.75 Å². The highest BCUT2D eigenvalue weighted by Gasteiger charge is 2.26. The zero-order valence-electron chi connectivity index (χ0n) is 12.9. The summed E-state index contributed by atoms with van der Waals surface area (Å²) < 4.78 is 0. The van der Waals surface area contributed by atoms with Crippen molar-refractivity contribution in [1.82, 2.24) is 15.2 Å². The second kappa shape index (κ2) is 8.92. The van der Waals surface area contributed by atoms with Gasteiger partial charge in [-0.3, -0.25) is 14.7 Å². The molecule has 2 rings (SSSR count). The molecule has 1 aliphatic rings. The molecule has 1 aromatic heterocycles. The number of aryl methyl sites for hydroxylation is 1. The van der Waals surface area contributed by atoms with E-state index in [1.54, 1.807) is 12.1 Å². The summed E-state index contributed by atoms with van der Waals surface area (Å²) in [6.07, 6.45) is 1.88. The number of halogens is 1. The molecule has 0 bridgehead atoms. The highest BCUT2D eigenvalue weighted by molar-refractivity contribution is 5.85. The number of rotatable bonds is 5. The molecule has 124 valence electrons. The molecule has 0 radical (unpaired) electrons. The molecule has 1 aliphatic heterocycles. The maximum atomic E-state index is 12.0. The summed E-state index contributed by atoms with van der Waals surface area (Å²) in [6.45, 7) is 5.09. The lowest BCUT2D eigenvalue weighted by Gasteiger charge is -2.31. The molecule has 7 heteroatoms. The molecule has 0 aromatic carbocycles. The molecule has 6 nitrogen and oxygen atoms in total. The third-order valence-corrected chi connectivity index (χ3v) is 3.78. The molecular formula is C15H25ClN4O2. The topological polar surface area (TPSA) is 91.5 Å². The van der Waals surface area contributed by atoms with Gasteiger partial charge in [0.05, 0.1) is 11.6 Å². The normalized spacial score (nSPS) is 18.5. The van der Waals surface area contributed by atoms with E-state index < -0.39 is 0 Å². The number of likely N-dealkylation sites (tertiary alicyclic amines) is 1. The van der Waals surface area contributed by atoms with Gasteiger partial charge in [0.1, 0.15) is 5.75 Å². The SMILES string of the molecule is Cc1ccc(O)c(CN2CCCC(C(=O)NCCN)C2)n1.Cl. The summed E-state index contributed by atoms with van der Waals surface area (Å²) in [7, 11) is 0. The van der Waals surface area contributed by atoms with E-state index in [0.29, 0.717) is 31.9 Å². The zero-order chi connectivity index (χ0) is 15.2. The molecule has 1 aromatic rings. The van der Waals surface area contributed by atoms with Crippen LogP contribution in [0.4, 0.5) is 0 Å². The van der Waals surface area contributed by atoms with Gasteiger partial charge in [0, 0.05) is 31.9 Å². The van der Waals surface area contributed by atoms with E-state index in [4.69, 9.17) is 5.73 Å². The average Bonchev–Trinajstić information content (AvgIpc) is 2.49. The van der Waals surface area contributed by atoms with Gasteiger partial charge in [-0.05, 0) is 38.4 Å². The van der Waals surface area contributed by atoms with E-state index in [-0.39, 0.29) is 30.0 Å². The second-order valence-corrected chi connectivity index (χ2v) is 5.57. The number of nitrogens with zero attached hydrogens (tertiary/aromatic N) is 2. The van der Waals surface area contributed by atoms with E-state index >= 15 is 0 Å². The Morgan fingerprint density at radius 3 is 3.05 bits per heavy atom. The van der Waals surface area contributed by atoms with Gasteiger partial charge in [0.15, 0.2) is 0 Å². The van der Waals surface area contributed by atoms with Crippen LogP contribution in [0.25, 0.3) is 0 Å². The first-order valence-electron chi connectivity index (χ1n) is 7.45. The van der Waals surface area contributed by atoms with Gasteiger partial charge in [0.2, 0.25) is 5.91 Å². The standard InChI is InChI=1S/C15H24N4O2.ClH/c1-11-4-5-14(20)13(18-11)10-19-8-2-3-12(9-19)15(21)17-7-6-16;/h4-5,12,20H,2-3,6-10,16H2,1H3,(H,17,21);1H. The zero-order valence-corrected chi connectivity index (χ0v) is 13.7. The summed E-state index contributed by atoms with van der Waals surface area (Å²) in [5, 5.41) is 12.7. The minimum atomic E-state index is -0.00254. The van der Waals surface area contributed by atoms with Crippen LogP contribution in [-0.2, 0) is 11.3 Å². The summed E-state index contributed by atoms with van der Waals surface area (Å²) in [6, 6.07) is 3.46. The van der Waals surface area contributed by atoms with Crippen molar-refractivity contribution < 1.29 is 9.90 Å². The number of aromatic hydroxyl groups is 1. The van der Waals surface area contributed by atoms with Crippen molar-refractivity contribution in [3.05, 3.63) is 23.5 Å². The predicted molar refractivity (Wildman–Crippen MR) is 88.0 cm³/mol. The first kappa shape index (κ1) is 18.7. The Hall–Kier alpha value is -1.37. The van der Waals surface area contributed by atoms with Crippen molar-refractivity contribution in [3.8, 4) is 5.75 Å². The average molecular weight is 329 g/mol. The maximum Gasteiger partial charge on any atom is 0.224 e. The Balaban J connectivity index is 0.00000242. The van der Waals surface area contributed by atoms with Gasteiger partial charge in [-0.2, -0.15) is 0 Å². The number of carbonyl (C=O) groups is 1. The van der Waals surface area contributed by atoms with E-state index in [1.165, 1.54) is 0 Å². The number of pyridine rings is 1. The number of hydrogen-bond donors (Lipinski definition) is 3. The number of nitrogens with one attached hydrogen (secondary N) is 1. The van der Waals surface area contributed by atoms with Crippen LogP contribution in [0.3, 0.4) is 0 Å². The van der Waals surface area contributed by atoms with E-state index in [0.717, 1.165) is 25.1 Å². The highest BCUT2D eigenvalue weighted by atomic mass is 35.5. The molecule has 1 saturated heterocycles. The monoisotopic (exact) mass is 328 g/mol. The first-order chi connectivity index (χ1) is 10.1. The van der Waals surface area contributed by atoms with Gasteiger partial charge in [-0.15, -0.1) is 12.4 Å². The van der Waals surface area contributed by atoms with Crippen molar-refractivity contribution in [3.63, 3.8) is 0 Å². The smallest absolute Gasteiger partial charge is 0.224 e. The van der Waals surface area contributed by atoms with Crippen LogP contribution in [-0.4, -0.2) is 47.1 Å². The fourth-order valence-corrected chi connectivity index (χ4v) is 2.68. The summed E-state index contributed by atoms with van der Waals surface area (Å²) >= 11 is 0. The Labute approximate surface area is 137 Å². The van der Waals surface area contributed by atoms with Crippen LogP contribution in [0, 0.1) is 12.8 Å². The minimum Gasteiger partial charge on any atom is -0.506 e. The molecule has 1 fully saturated rings. The van der Waals surface area contributed by atoms with Crippen LogP contribution in [0.15, 0.2) is 12.1 Å². The lowest BCUT2D eigenvalue weighted by atomic mass is 9.97. The molecule has 1 unspecified atom stereocenters. The molecule has 1 atom stereocenters. The number of hydrogen-bond acceptors (Lipinski definition) is 5. The fourth-order valence-electron chi connectivity index (χ4n) is 2.68. The Morgan fingerprint density at radius 1 is 1.55 bits per heavy atom. The Morgan fingerprint density at radius 2 is 2.32 bits per heavy atom. The molecular weight excluding hydrogens is 304 g/mol. The number of carbonyl (C=O) groups excluding carboxylic acids is 1. The quantitative estimate of drug-likeness (QED) is 0.744. The third kappa shape index (κ3) is 5.12. The molecule has 0 saturated carbocycles. The second-order valence-electron chi connectivity index (χ2n) is 5.57. The maximum absolute atomic E-state index is 12.0. The van der Waals surface area contributed by atoms with Crippen molar-refractivity contribution in [2.75, 3.05) is 26.2 Å². The minimum absolute atomic E-state index is 0. The van der Waals surface area contributed by atoms with E-state index in [2.05, 4.69) is 15.2 Å². The summed E-state index contributed by atoms with van der Waals surface area (Å²) in [5.41, 5.74) is 6.97. The molecule has 0 aliphatic carbocycles. The lowest BCUT2D eigenvalue weighted by molar-refractivity contribution is -0.126. The van der Waals surface area contributed by atoms with Crippen molar-refractivity contribution in [2.45, 2.75) is 26.3 Å². The Kier molecular flexibility index (Phi) is 7.58. The lowest BCUT2D eigenvalue weighted by Crippen LogP contribution is -2.43. The van der Waals surface area contributed by atoms with E-state index in [1.807, 2.05) is 6.92 Å². The van der Waals surface area contributed by atoms with Gasteiger partial charge < -0.3 is 16.2 Å².